The number of nitrogens with two attached hydrogens (primary N) is 1. The van der Waals surface area contributed by atoms with Crippen LogP contribution in [-0.4, -0.2) is 34.0 Å². The average Bonchev–Trinajstić information content (AvgIpc) is 2.35. The predicted octanol–water partition coefficient (Wildman–Crippen LogP) is -0.524. The van der Waals surface area contributed by atoms with E-state index in [0.717, 1.165) is 18.2 Å². The van der Waals surface area contributed by atoms with Crippen LogP contribution in [0, 0.1) is 0 Å². The molecule has 0 unspecified atom stereocenters. The van der Waals surface area contributed by atoms with Gasteiger partial charge in [-0.15, -0.1) is 0 Å². The quantitative estimate of drug-likeness (QED) is 0.642. The number of aliphatic carboxylic acids is 1. The second kappa shape index (κ2) is 5.87. The van der Waals surface area contributed by atoms with Crippen LogP contribution >= 0.6 is 0 Å². The molecule has 8 nitrogen and oxygen atoms in total. The molecule has 0 saturated heterocycles. The van der Waals surface area contributed by atoms with Crippen molar-refractivity contribution in [2.45, 2.75) is 29.2 Å². The standard InChI is InChI=1S/C10H14N2O6S2/c1-2-9(10(13)14)12-20(17,18)8-5-3-4-7(6-8)19(11,15)16/h3-6,9,12H,2H2,1H3,(H,13,14)(H2,11,15,16)/t9-/m1/s1. The minimum absolute atomic E-state index is 0.0451. The Balaban J connectivity index is 3.20. The molecule has 0 aliphatic carbocycles. The van der Waals surface area contributed by atoms with E-state index >= 15 is 0 Å². The molecule has 0 aromatic heterocycles. The molecule has 0 radical (unpaired) electrons. The molecule has 0 saturated carbocycles. The number of nitrogens with one attached hydrogen (secondary N) is 1. The van der Waals surface area contributed by atoms with E-state index in [1.54, 1.807) is 0 Å². The van der Waals surface area contributed by atoms with Crippen LogP contribution in [-0.2, 0) is 24.8 Å². The summed E-state index contributed by atoms with van der Waals surface area (Å²) >= 11 is 0. The maximum atomic E-state index is 12.0. The van der Waals surface area contributed by atoms with Gasteiger partial charge in [-0.1, -0.05) is 13.0 Å². The van der Waals surface area contributed by atoms with Gasteiger partial charge in [-0.3, -0.25) is 4.79 Å². The third-order valence-electron chi connectivity index (χ3n) is 2.45. The monoisotopic (exact) mass is 322 g/mol. The highest BCUT2D eigenvalue weighted by Crippen LogP contribution is 2.15. The molecule has 1 aromatic rings. The number of benzene rings is 1. The molecule has 1 atom stereocenters. The van der Waals surface area contributed by atoms with Crippen LogP contribution < -0.4 is 9.86 Å². The Morgan fingerprint density at radius 2 is 1.85 bits per heavy atom. The van der Waals surface area contributed by atoms with E-state index in [1.807, 2.05) is 4.72 Å². The first kappa shape index (κ1) is 16.6. The van der Waals surface area contributed by atoms with Gasteiger partial charge >= 0.3 is 5.97 Å². The molecule has 0 aliphatic heterocycles. The Morgan fingerprint density at radius 3 is 2.30 bits per heavy atom. The molecule has 1 rings (SSSR count). The number of hydrogen-bond donors (Lipinski definition) is 3. The second-order valence-corrected chi connectivity index (χ2v) is 7.22. The van der Waals surface area contributed by atoms with Gasteiger partial charge in [0.2, 0.25) is 20.0 Å². The molecular weight excluding hydrogens is 308 g/mol. The first-order valence-corrected chi connectivity index (χ1v) is 8.49. The van der Waals surface area contributed by atoms with Gasteiger partial charge in [-0.05, 0) is 24.6 Å². The molecule has 0 aliphatic rings. The Kier molecular flexibility index (Phi) is 4.86. The van der Waals surface area contributed by atoms with Crippen molar-refractivity contribution in [3.63, 3.8) is 0 Å². The molecular formula is C10H14N2O6S2. The number of hydrogen-bond acceptors (Lipinski definition) is 5. The molecule has 20 heavy (non-hydrogen) atoms. The van der Waals surface area contributed by atoms with E-state index in [1.165, 1.54) is 13.0 Å². The summed E-state index contributed by atoms with van der Waals surface area (Å²) < 4.78 is 48.3. The second-order valence-electron chi connectivity index (χ2n) is 3.94. The van der Waals surface area contributed by atoms with Gasteiger partial charge in [0.05, 0.1) is 9.79 Å². The lowest BCUT2D eigenvalue weighted by Gasteiger charge is -2.13. The summed E-state index contributed by atoms with van der Waals surface area (Å²) in [7, 11) is -8.19. The number of carbonyl (C=O) groups is 1. The summed E-state index contributed by atoms with van der Waals surface area (Å²) in [4.78, 5) is 10.1. The summed E-state index contributed by atoms with van der Waals surface area (Å²) in [6, 6.07) is 3.06. The average molecular weight is 322 g/mol. The first-order valence-electron chi connectivity index (χ1n) is 5.46. The fourth-order valence-electron chi connectivity index (χ4n) is 1.38. The Bertz CT molecular complexity index is 711. The summed E-state index contributed by atoms with van der Waals surface area (Å²) in [6.07, 6.45) is 0.0451. The Morgan fingerprint density at radius 1 is 1.30 bits per heavy atom. The lowest BCUT2D eigenvalue weighted by atomic mass is 10.2. The first-order chi connectivity index (χ1) is 9.08. The topological polar surface area (TPSA) is 144 Å². The fourth-order valence-corrected chi connectivity index (χ4v) is 3.33. The van der Waals surface area contributed by atoms with Crippen molar-refractivity contribution in [1.82, 2.24) is 4.72 Å². The molecule has 0 amide bonds. The number of primary sulfonamides is 1. The van der Waals surface area contributed by atoms with Gasteiger partial charge in [-0.25, -0.2) is 22.0 Å². The van der Waals surface area contributed by atoms with Gasteiger partial charge < -0.3 is 5.11 Å². The highest BCUT2D eigenvalue weighted by molar-refractivity contribution is 7.90. The molecule has 1 aromatic carbocycles. The van der Waals surface area contributed by atoms with E-state index in [2.05, 4.69) is 0 Å². The summed E-state index contributed by atoms with van der Waals surface area (Å²) in [6.45, 7) is 1.50. The van der Waals surface area contributed by atoms with E-state index in [-0.39, 0.29) is 16.2 Å². The van der Waals surface area contributed by atoms with Gasteiger partial charge in [-0.2, -0.15) is 4.72 Å². The maximum Gasteiger partial charge on any atom is 0.321 e. The lowest BCUT2D eigenvalue weighted by Crippen LogP contribution is -2.40. The largest absolute Gasteiger partial charge is 0.480 e. The number of carboxylic acid groups (broad SMARTS) is 1. The van der Waals surface area contributed by atoms with Crippen molar-refractivity contribution in [1.29, 1.82) is 0 Å². The van der Waals surface area contributed by atoms with Crippen molar-refractivity contribution in [3.05, 3.63) is 24.3 Å². The van der Waals surface area contributed by atoms with Crippen molar-refractivity contribution in [2.75, 3.05) is 0 Å². The maximum absolute atomic E-state index is 12.0. The summed E-state index contributed by atoms with van der Waals surface area (Å²) in [5, 5.41) is 13.7. The van der Waals surface area contributed by atoms with Crippen molar-refractivity contribution < 1.29 is 26.7 Å². The summed E-state index contributed by atoms with van der Waals surface area (Å²) in [5.41, 5.74) is 0. The van der Waals surface area contributed by atoms with Gasteiger partial charge in [0.1, 0.15) is 6.04 Å². The van der Waals surface area contributed by atoms with Crippen molar-refractivity contribution in [2.24, 2.45) is 5.14 Å². The zero-order valence-corrected chi connectivity index (χ0v) is 12.1. The van der Waals surface area contributed by atoms with Crippen LogP contribution in [0.1, 0.15) is 13.3 Å². The molecule has 0 fully saturated rings. The third kappa shape index (κ3) is 4.00. The number of carboxylic acids is 1. The molecule has 0 bridgehead atoms. The van der Waals surface area contributed by atoms with Crippen molar-refractivity contribution in [3.8, 4) is 0 Å². The highest BCUT2D eigenvalue weighted by atomic mass is 32.2. The van der Waals surface area contributed by atoms with Gasteiger partial charge in [0.25, 0.3) is 0 Å². The lowest BCUT2D eigenvalue weighted by molar-refractivity contribution is -0.139. The molecule has 0 spiro atoms. The predicted molar refractivity (Wildman–Crippen MR) is 69.9 cm³/mol. The van der Waals surface area contributed by atoms with Crippen LogP contribution in [0.15, 0.2) is 34.1 Å². The van der Waals surface area contributed by atoms with E-state index in [9.17, 15) is 21.6 Å². The molecule has 4 N–H and O–H groups in total. The van der Waals surface area contributed by atoms with Crippen LogP contribution in [0.25, 0.3) is 0 Å². The van der Waals surface area contributed by atoms with Gasteiger partial charge in [0.15, 0.2) is 0 Å². The van der Waals surface area contributed by atoms with Crippen molar-refractivity contribution >= 4 is 26.0 Å². The normalized spacial score (nSPS) is 13.9. The van der Waals surface area contributed by atoms with Gasteiger partial charge in [0, 0.05) is 0 Å². The molecule has 0 heterocycles. The zero-order chi connectivity index (χ0) is 15.6. The smallest absolute Gasteiger partial charge is 0.321 e. The zero-order valence-electron chi connectivity index (χ0n) is 10.5. The highest BCUT2D eigenvalue weighted by Gasteiger charge is 2.24. The van der Waals surface area contributed by atoms with E-state index in [0.29, 0.717) is 0 Å². The third-order valence-corrected chi connectivity index (χ3v) is 4.83. The van der Waals surface area contributed by atoms with E-state index in [4.69, 9.17) is 10.2 Å². The van der Waals surface area contributed by atoms with Crippen LogP contribution in [0.4, 0.5) is 0 Å². The Labute approximate surface area is 116 Å². The SMILES string of the molecule is CC[C@@H](NS(=O)(=O)c1cccc(S(N)(=O)=O)c1)C(=O)O. The van der Waals surface area contributed by atoms with Crippen LogP contribution in [0.2, 0.25) is 0 Å². The minimum Gasteiger partial charge on any atom is -0.480 e. The molecule has 112 valence electrons. The Hall–Kier alpha value is -1.49. The van der Waals surface area contributed by atoms with Crippen LogP contribution in [0.3, 0.4) is 0 Å². The number of sulfonamides is 2. The minimum atomic E-state index is -4.15. The number of rotatable bonds is 6. The summed E-state index contributed by atoms with van der Waals surface area (Å²) in [5.74, 6) is -1.32. The molecule has 10 heteroatoms. The van der Waals surface area contributed by atoms with E-state index < -0.39 is 32.1 Å². The van der Waals surface area contributed by atoms with Crippen LogP contribution in [0.5, 0.6) is 0 Å². The fraction of sp³-hybridized carbons (Fsp3) is 0.300.